The number of nitrogens with two attached hydrogens (primary N) is 2. The number of pyridine rings is 1. The lowest BCUT2D eigenvalue weighted by molar-refractivity contribution is -0.143. The summed E-state index contributed by atoms with van der Waals surface area (Å²) in [5.41, 5.74) is 11.5. The first-order chi connectivity index (χ1) is 9.95. The smallest absolute Gasteiger partial charge is 0.319 e. The van der Waals surface area contributed by atoms with E-state index in [1.54, 1.807) is 0 Å². The second-order valence-corrected chi connectivity index (χ2v) is 5.14. The van der Waals surface area contributed by atoms with Crippen LogP contribution in [0.5, 0.6) is 0 Å². The minimum Gasteiger partial charge on any atom is -0.481 e. The zero-order valence-corrected chi connectivity index (χ0v) is 11.5. The lowest BCUT2D eigenvalue weighted by atomic mass is 9.84. The van der Waals surface area contributed by atoms with Crippen molar-refractivity contribution in [1.29, 1.82) is 0 Å². The van der Waals surface area contributed by atoms with Crippen molar-refractivity contribution in [2.24, 2.45) is 5.92 Å². The molecule has 114 valence electrons. The van der Waals surface area contributed by atoms with Crippen LogP contribution in [0.3, 0.4) is 0 Å². The molecule has 1 heterocycles. The van der Waals surface area contributed by atoms with Crippen molar-refractivity contribution in [3.05, 3.63) is 12.1 Å². The van der Waals surface area contributed by atoms with Gasteiger partial charge in [-0.05, 0) is 12.8 Å². The molecule has 1 aromatic rings. The Balaban J connectivity index is 1.98. The molecule has 1 aromatic heterocycles. The van der Waals surface area contributed by atoms with Crippen LogP contribution in [0.15, 0.2) is 12.1 Å². The molecule has 2 atom stereocenters. The first-order valence-corrected chi connectivity index (χ1v) is 6.79. The van der Waals surface area contributed by atoms with Crippen LogP contribution in [0.1, 0.15) is 25.7 Å². The standard InChI is InChI=1S/C13H19N5O3/c14-10-5-7(6-11(15)18-10)16-13(21)17-9-4-2-1-3-8(9)12(19)20/h5-6,8-9H,1-4H2,(H,19,20)(H6,14,15,16,17,18,21). The number of carbonyl (C=O) groups is 2. The van der Waals surface area contributed by atoms with Gasteiger partial charge in [0.05, 0.1) is 5.92 Å². The van der Waals surface area contributed by atoms with Crippen molar-refractivity contribution in [3.63, 3.8) is 0 Å². The van der Waals surface area contributed by atoms with E-state index in [0.29, 0.717) is 18.5 Å². The Morgan fingerprint density at radius 3 is 2.43 bits per heavy atom. The normalized spacial score (nSPS) is 21.5. The Bertz CT molecular complexity index is 528. The van der Waals surface area contributed by atoms with Gasteiger partial charge < -0.3 is 27.2 Å². The lowest BCUT2D eigenvalue weighted by Crippen LogP contribution is -2.46. The maximum Gasteiger partial charge on any atom is 0.319 e. The summed E-state index contributed by atoms with van der Waals surface area (Å²) in [7, 11) is 0. The summed E-state index contributed by atoms with van der Waals surface area (Å²) < 4.78 is 0. The number of rotatable bonds is 3. The summed E-state index contributed by atoms with van der Waals surface area (Å²) in [6, 6.07) is 2.11. The van der Waals surface area contributed by atoms with Crippen LogP contribution in [0, 0.1) is 5.92 Å². The summed E-state index contributed by atoms with van der Waals surface area (Å²) in [6.07, 6.45) is 3.01. The number of nitrogen functional groups attached to an aromatic ring is 2. The van der Waals surface area contributed by atoms with E-state index in [4.69, 9.17) is 11.5 Å². The fourth-order valence-corrected chi connectivity index (χ4v) is 2.58. The highest BCUT2D eigenvalue weighted by molar-refractivity contribution is 5.90. The third-order valence-corrected chi connectivity index (χ3v) is 3.52. The van der Waals surface area contributed by atoms with E-state index in [2.05, 4.69) is 15.6 Å². The second kappa shape index (κ2) is 6.29. The molecule has 2 rings (SSSR count). The molecular weight excluding hydrogens is 274 g/mol. The van der Waals surface area contributed by atoms with Crippen LogP contribution in [0.4, 0.5) is 22.1 Å². The number of anilines is 3. The first kappa shape index (κ1) is 14.9. The van der Waals surface area contributed by atoms with Gasteiger partial charge in [-0.25, -0.2) is 9.78 Å². The van der Waals surface area contributed by atoms with Crippen molar-refractivity contribution < 1.29 is 14.7 Å². The van der Waals surface area contributed by atoms with Crippen molar-refractivity contribution in [2.75, 3.05) is 16.8 Å². The van der Waals surface area contributed by atoms with E-state index in [1.807, 2.05) is 0 Å². The van der Waals surface area contributed by atoms with Gasteiger partial charge in [0, 0.05) is 23.9 Å². The number of aliphatic carboxylic acids is 1. The van der Waals surface area contributed by atoms with Gasteiger partial charge in [0.15, 0.2) is 0 Å². The van der Waals surface area contributed by atoms with Crippen LogP contribution < -0.4 is 22.1 Å². The number of hydrogen-bond donors (Lipinski definition) is 5. The van der Waals surface area contributed by atoms with Crippen molar-refractivity contribution >= 4 is 29.3 Å². The first-order valence-electron chi connectivity index (χ1n) is 6.79. The molecule has 0 spiro atoms. The number of urea groups is 1. The average Bonchev–Trinajstić information content (AvgIpc) is 2.37. The Morgan fingerprint density at radius 2 is 1.81 bits per heavy atom. The van der Waals surface area contributed by atoms with E-state index in [-0.39, 0.29) is 17.7 Å². The maximum atomic E-state index is 12.0. The van der Waals surface area contributed by atoms with Gasteiger partial charge in [-0.3, -0.25) is 4.79 Å². The molecule has 8 heteroatoms. The molecule has 1 fully saturated rings. The zero-order chi connectivity index (χ0) is 15.4. The molecule has 0 saturated heterocycles. The van der Waals surface area contributed by atoms with E-state index >= 15 is 0 Å². The molecule has 0 bridgehead atoms. The molecule has 1 aliphatic carbocycles. The van der Waals surface area contributed by atoms with E-state index in [0.717, 1.165) is 12.8 Å². The van der Waals surface area contributed by atoms with Crippen LogP contribution in [-0.2, 0) is 4.79 Å². The molecule has 1 aliphatic rings. The third kappa shape index (κ3) is 3.98. The molecule has 0 radical (unpaired) electrons. The predicted molar refractivity (Wildman–Crippen MR) is 78.6 cm³/mol. The third-order valence-electron chi connectivity index (χ3n) is 3.52. The number of carboxylic acid groups (broad SMARTS) is 1. The Labute approximate surface area is 121 Å². The number of aromatic nitrogens is 1. The minimum absolute atomic E-state index is 0.200. The molecule has 1 saturated carbocycles. The molecular formula is C13H19N5O3. The monoisotopic (exact) mass is 293 g/mol. The van der Waals surface area contributed by atoms with Gasteiger partial charge in [-0.15, -0.1) is 0 Å². The van der Waals surface area contributed by atoms with Gasteiger partial charge in [0.1, 0.15) is 11.6 Å². The summed E-state index contributed by atoms with van der Waals surface area (Å²) in [5, 5.41) is 14.5. The van der Waals surface area contributed by atoms with Crippen molar-refractivity contribution in [2.45, 2.75) is 31.7 Å². The maximum absolute atomic E-state index is 12.0. The molecule has 2 amide bonds. The Kier molecular flexibility index (Phi) is 4.46. The van der Waals surface area contributed by atoms with Gasteiger partial charge in [-0.2, -0.15) is 0 Å². The molecule has 2 unspecified atom stereocenters. The van der Waals surface area contributed by atoms with Crippen LogP contribution in [-0.4, -0.2) is 28.1 Å². The number of amides is 2. The van der Waals surface area contributed by atoms with Gasteiger partial charge in [0.25, 0.3) is 0 Å². The predicted octanol–water partition coefficient (Wildman–Crippen LogP) is 1.01. The number of carboxylic acids is 1. The zero-order valence-electron chi connectivity index (χ0n) is 11.5. The highest BCUT2D eigenvalue weighted by atomic mass is 16.4. The van der Waals surface area contributed by atoms with Gasteiger partial charge in [-0.1, -0.05) is 12.8 Å². The minimum atomic E-state index is -0.877. The van der Waals surface area contributed by atoms with Crippen LogP contribution in [0.2, 0.25) is 0 Å². The highest BCUT2D eigenvalue weighted by Gasteiger charge is 2.31. The van der Waals surface area contributed by atoms with Crippen LogP contribution in [0.25, 0.3) is 0 Å². The lowest BCUT2D eigenvalue weighted by Gasteiger charge is -2.29. The number of nitrogens with zero attached hydrogens (tertiary/aromatic N) is 1. The molecule has 21 heavy (non-hydrogen) atoms. The number of hydrogen-bond acceptors (Lipinski definition) is 5. The topological polar surface area (TPSA) is 143 Å². The summed E-state index contributed by atoms with van der Waals surface area (Å²) in [5.74, 6) is -1.02. The molecule has 0 aliphatic heterocycles. The molecule has 7 N–H and O–H groups in total. The van der Waals surface area contributed by atoms with Gasteiger partial charge >= 0.3 is 12.0 Å². The van der Waals surface area contributed by atoms with Crippen LogP contribution >= 0.6 is 0 Å². The second-order valence-electron chi connectivity index (χ2n) is 5.14. The summed E-state index contributed by atoms with van der Waals surface area (Å²) >= 11 is 0. The Hall–Kier alpha value is -2.51. The molecule has 8 nitrogen and oxygen atoms in total. The number of carbonyl (C=O) groups excluding carboxylic acids is 1. The van der Waals surface area contributed by atoms with Crippen molar-refractivity contribution in [3.8, 4) is 0 Å². The van der Waals surface area contributed by atoms with E-state index in [9.17, 15) is 14.7 Å². The van der Waals surface area contributed by atoms with Crippen molar-refractivity contribution in [1.82, 2.24) is 10.3 Å². The van der Waals surface area contributed by atoms with Gasteiger partial charge in [0.2, 0.25) is 0 Å². The SMILES string of the molecule is Nc1cc(NC(=O)NC2CCCCC2C(=O)O)cc(N)n1. The average molecular weight is 293 g/mol. The fourth-order valence-electron chi connectivity index (χ4n) is 2.58. The number of nitrogens with one attached hydrogen (secondary N) is 2. The Morgan fingerprint density at radius 1 is 1.19 bits per heavy atom. The van der Waals surface area contributed by atoms with E-state index < -0.39 is 17.9 Å². The largest absolute Gasteiger partial charge is 0.481 e. The fraction of sp³-hybridized carbons (Fsp3) is 0.462. The highest BCUT2D eigenvalue weighted by Crippen LogP contribution is 2.24. The summed E-state index contributed by atoms with van der Waals surface area (Å²) in [4.78, 5) is 26.9. The van der Waals surface area contributed by atoms with E-state index in [1.165, 1.54) is 12.1 Å². The molecule has 0 aromatic carbocycles. The quantitative estimate of drug-likeness (QED) is 0.562. The summed E-state index contributed by atoms with van der Waals surface area (Å²) in [6.45, 7) is 0.